The number of hydrogen-bond acceptors (Lipinski definition) is 7. The van der Waals surface area contributed by atoms with E-state index in [1.54, 1.807) is 0 Å². The Labute approximate surface area is 494 Å². The number of ether oxygens (including phenoxy) is 1. The normalized spacial score (nSPS) is 14.2. The lowest BCUT2D eigenvalue weighted by molar-refractivity contribution is -0.870. The Balaban J connectivity index is 5.23. The SMILES string of the molecule is CCCCC/C=C\C/C=C\C/C=C\C/C=C\CCCCCCCCCC(=O)OC(/C=C/CCCCCCCCCCCC)C(COP(=O)([O-])OCC[N+](C)(C)C)NC(=O)CCCCCCCC/C=C\C/C=C\C/C=C\CCCCC. The molecule has 0 aromatic rings. The summed E-state index contributed by atoms with van der Waals surface area (Å²) in [4.78, 5) is 40.1. The smallest absolute Gasteiger partial charge is 0.306 e. The maximum absolute atomic E-state index is 13.6. The second-order valence-corrected chi connectivity index (χ2v) is 24.7. The number of amides is 1. The Morgan fingerprint density at radius 3 is 1.16 bits per heavy atom. The molecule has 0 spiro atoms. The van der Waals surface area contributed by atoms with E-state index in [9.17, 15) is 19.0 Å². The summed E-state index contributed by atoms with van der Waals surface area (Å²) in [5.41, 5.74) is 0. The molecule has 1 amide bonds. The third-order valence-electron chi connectivity index (χ3n) is 14.2. The standard InChI is InChI=1S/C70H125N2O7P/c1-7-10-13-16-19-22-25-28-30-32-34-35-36-37-39-41-43-45-48-51-54-57-60-63-70(74)79-68(61-58-55-52-49-46-27-24-21-18-15-12-9-3)67(66-78-80(75,76)77-65-64-72(4,5)6)71-69(73)62-59-56-53-50-47-44-42-40-38-33-31-29-26-23-20-17-14-11-8-2/h19-20,22-23,28-31,34-35,37-40,58,61,67-68H,7-18,21,24-27,32-33,36,41-57,59-60,62-66H2,1-6H3,(H-,71,73,75,76)/b22-19-,23-20-,30-28-,31-29-,35-34-,39-37-,40-38-,61-58+. The number of phosphoric acid groups is 1. The van der Waals surface area contributed by atoms with E-state index in [1.807, 2.05) is 33.3 Å². The number of likely N-dealkylation sites (N-methyl/N-ethyl adjacent to an activating group) is 1. The number of nitrogens with one attached hydrogen (secondary N) is 1. The molecule has 0 aliphatic carbocycles. The number of hydrogen-bond donors (Lipinski definition) is 1. The molecule has 80 heavy (non-hydrogen) atoms. The highest BCUT2D eigenvalue weighted by atomic mass is 31.2. The van der Waals surface area contributed by atoms with Gasteiger partial charge in [0.1, 0.15) is 19.3 Å². The van der Waals surface area contributed by atoms with Crippen LogP contribution >= 0.6 is 7.82 Å². The molecular weight excluding hydrogens is 1010 g/mol. The first kappa shape index (κ1) is 76.9. The van der Waals surface area contributed by atoms with Crippen molar-refractivity contribution in [3.8, 4) is 0 Å². The van der Waals surface area contributed by atoms with Gasteiger partial charge in [-0.2, -0.15) is 0 Å². The molecule has 0 saturated carbocycles. The summed E-state index contributed by atoms with van der Waals surface area (Å²) in [6.45, 7) is 6.77. The molecule has 9 nitrogen and oxygen atoms in total. The minimum atomic E-state index is -4.71. The van der Waals surface area contributed by atoms with E-state index in [0.717, 1.165) is 122 Å². The minimum absolute atomic E-state index is 0.0313. The van der Waals surface area contributed by atoms with Crippen molar-refractivity contribution < 1.29 is 37.3 Å². The molecule has 0 fully saturated rings. The third kappa shape index (κ3) is 59.5. The zero-order chi connectivity index (χ0) is 58.6. The van der Waals surface area contributed by atoms with E-state index in [2.05, 4.69) is 111 Å². The summed E-state index contributed by atoms with van der Waals surface area (Å²) in [6, 6.07) is -0.906. The van der Waals surface area contributed by atoms with Gasteiger partial charge in [0.05, 0.1) is 33.8 Å². The summed E-state index contributed by atoms with van der Waals surface area (Å²) in [5, 5.41) is 3.02. The number of esters is 1. The Morgan fingerprint density at radius 2 is 0.762 bits per heavy atom. The van der Waals surface area contributed by atoms with Crippen molar-refractivity contribution in [1.82, 2.24) is 5.32 Å². The molecule has 0 aromatic carbocycles. The number of carbonyl (C=O) groups excluding carboxylic acids is 2. The predicted octanol–water partition coefficient (Wildman–Crippen LogP) is 20.1. The molecule has 0 aliphatic rings. The van der Waals surface area contributed by atoms with Crippen molar-refractivity contribution in [2.45, 2.75) is 296 Å². The third-order valence-corrected chi connectivity index (χ3v) is 15.2. The van der Waals surface area contributed by atoms with Crippen LogP contribution in [0.1, 0.15) is 284 Å². The predicted molar refractivity (Wildman–Crippen MR) is 344 cm³/mol. The lowest BCUT2D eigenvalue weighted by Gasteiger charge is -2.30. The average molecular weight is 1140 g/mol. The number of phosphoric ester groups is 1. The van der Waals surface area contributed by atoms with Crippen LogP contribution in [0.2, 0.25) is 0 Å². The van der Waals surface area contributed by atoms with Crippen LogP contribution < -0.4 is 10.2 Å². The lowest BCUT2D eigenvalue weighted by atomic mass is 10.0. The number of carbonyl (C=O) groups is 2. The molecule has 0 aromatic heterocycles. The number of nitrogens with zero attached hydrogens (tertiary/aromatic N) is 1. The van der Waals surface area contributed by atoms with Crippen LogP contribution in [0.5, 0.6) is 0 Å². The fourth-order valence-electron chi connectivity index (χ4n) is 9.10. The van der Waals surface area contributed by atoms with Crippen molar-refractivity contribution in [1.29, 1.82) is 0 Å². The highest BCUT2D eigenvalue weighted by Gasteiger charge is 2.27. The Morgan fingerprint density at radius 1 is 0.438 bits per heavy atom. The van der Waals surface area contributed by atoms with Gasteiger partial charge in [-0.1, -0.05) is 253 Å². The molecule has 0 radical (unpaired) electrons. The van der Waals surface area contributed by atoms with Gasteiger partial charge in [-0.05, 0) is 115 Å². The summed E-state index contributed by atoms with van der Waals surface area (Å²) in [5.74, 6) is -0.569. The van der Waals surface area contributed by atoms with Gasteiger partial charge in [0, 0.05) is 12.8 Å². The molecular formula is C70H125N2O7P. The van der Waals surface area contributed by atoms with Crippen LogP contribution in [-0.4, -0.2) is 69.4 Å². The van der Waals surface area contributed by atoms with Gasteiger partial charge >= 0.3 is 5.97 Å². The van der Waals surface area contributed by atoms with Crippen LogP contribution in [0.3, 0.4) is 0 Å². The lowest BCUT2D eigenvalue weighted by Crippen LogP contribution is -2.47. The molecule has 3 unspecified atom stereocenters. The number of rotatable bonds is 59. The monoisotopic (exact) mass is 1140 g/mol. The van der Waals surface area contributed by atoms with Crippen LogP contribution in [0, 0.1) is 0 Å². The van der Waals surface area contributed by atoms with E-state index >= 15 is 0 Å². The van der Waals surface area contributed by atoms with E-state index in [1.165, 1.54) is 122 Å². The summed E-state index contributed by atoms with van der Waals surface area (Å²) >= 11 is 0. The van der Waals surface area contributed by atoms with Gasteiger partial charge in [0.15, 0.2) is 0 Å². The molecule has 0 saturated heterocycles. The molecule has 0 aliphatic heterocycles. The Kier molecular flexibility index (Phi) is 56.8. The van der Waals surface area contributed by atoms with Gasteiger partial charge < -0.3 is 28.5 Å². The minimum Gasteiger partial charge on any atom is -0.756 e. The van der Waals surface area contributed by atoms with E-state index in [0.29, 0.717) is 23.9 Å². The Bertz CT molecular complexity index is 1690. The highest BCUT2D eigenvalue weighted by Crippen LogP contribution is 2.38. The van der Waals surface area contributed by atoms with Crippen LogP contribution in [0.25, 0.3) is 0 Å². The maximum Gasteiger partial charge on any atom is 0.306 e. The first-order valence-corrected chi connectivity index (χ1v) is 34.5. The topological polar surface area (TPSA) is 114 Å². The van der Waals surface area contributed by atoms with Crippen LogP contribution in [-0.2, 0) is 27.9 Å². The summed E-state index contributed by atoms with van der Waals surface area (Å²) < 4.78 is 30.4. The fraction of sp³-hybridized carbons (Fsp3) is 0.743. The van der Waals surface area contributed by atoms with Gasteiger partial charge in [-0.15, -0.1) is 0 Å². The maximum atomic E-state index is 13.6. The van der Waals surface area contributed by atoms with Crippen LogP contribution in [0.15, 0.2) is 97.2 Å². The number of allylic oxidation sites excluding steroid dienone is 15. The molecule has 10 heteroatoms. The largest absolute Gasteiger partial charge is 0.756 e. The molecule has 0 bridgehead atoms. The quantitative estimate of drug-likeness (QED) is 0.0212. The number of unbranched alkanes of at least 4 members (excludes halogenated alkanes) is 29. The van der Waals surface area contributed by atoms with Gasteiger partial charge in [-0.25, -0.2) is 0 Å². The summed E-state index contributed by atoms with van der Waals surface area (Å²) in [7, 11) is 1.16. The zero-order valence-electron chi connectivity index (χ0n) is 52.8. The van der Waals surface area contributed by atoms with Crippen molar-refractivity contribution >= 4 is 19.7 Å². The van der Waals surface area contributed by atoms with E-state index in [-0.39, 0.29) is 24.9 Å². The molecule has 0 rings (SSSR count). The fourth-order valence-corrected chi connectivity index (χ4v) is 9.82. The highest BCUT2D eigenvalue weighted by molar-refractivity contribution is 7.45. The molecule has 462 valence electrons. The number of quaternary nitrogens is 1. The van der Waals surface area contributed by atoms with Crippen molar-refractivity contribution in [3.63, 3.8) is 0 Å². The first-order valence-electron chi connectivity index (χ1n) is 33.0. The first-order chi connectivity index (χ1) is 38.9. The van der Waals surface area contributed by atoms with Gasteiger partial charge in [0.2, 0.25) is 5.91 Å². The Hall–Kier alpha value is -3.07. The van der Waals surface area contributed by atoms with Gasteiger partial charge in [0.25, 0.3) is 7.82 Å². The van der Waals surface area contributed by atoms with Crippen LogP contribution in [0.4, 0.5) is 0 Å². The van der Waals surface area contributed by atoms with Crippen molar-refractivity contribution in [3.05, 3.63) is 97.2 Å². The van der Waals surface area contributed by atoms with E-state index in [4.69, 9.17) is 13.8 Å². The second kappa shape index (κ2) is 59.1. The molecule has 3 atom stereocenters. The molecule has 0 heterocycles. The zero-order valence-corrected chi connectivity index (χ0v) is 53.7. The van der Waals surface area contributed by atoms with E-state index < -0.39 is 26.6 Å². The second-order valence-electron chi connectivity index (χ2n) is 23.3. The molecule has 1 N–H and O–H groups in total. The van der Waals surface area contributed by atoms with Gasteiger partial charge in [-0.3, -0.25) is 14.2 Å². The van der Waals surface area contributed by atoms with Crippen molar-refractivity contribution in [2.75, 3.05) is 40.9 Å². The summed E-state index contributed by atoms with van der Waals surface area (Å²) in [6.07, 6.45) is 79.4. The van der Waals surface area contributed by atoms with Crippen molar-refractivity contribution in [2.24, 2.45) is 0 Å². The average Bonchev–Trinajstić information content (AvgIpc) is 3.43.